The molecule has 0 saturated heterocycles. The lowest BCUT2D eigenvalue weighted by Gasteiger charge is -2.04. The van der Waals surface area contributed by atoms with E-state index in [1.165, 1.54) is 0 Å². The summed E-state index contributed by atoms with van der Waals surface area (Å²) in [5.74, 6) is 0.687. The van der Waals surface area contributed by atoms with Crippen LogP contribution in [0, 0.1) is 6.92 Å². The van der Waals surface area contributed by atoms with Crippen molar-refractivity contribution in [2.45, 2.75) is 19.8 Å². The number of oxazole rings is 1. The summed E-state index contributed by atoms with van der Waals surface area (Å²) < 4.78 is 5.39. The van der Waals surface area contributed by atoms with Gasteiger partial charge in [-0.1, -0.05) is 0 Å². The highest BCUT2D eigenvalue weighted by atomic mass is 16.3. The lowest BCUT2D eigenvalue weighted by atomic mass is 10.2. The van der Waals surface area contributed by atoms with E-state index in [1.54, 1.807) is 0 Å². The van der Waals surface area contributed by atoms with Crippen molar-refractivity contribution < 1.29 is 9.52 Å². The third-order valence-corrected chi connectivity index (χ3v) is 2.41. The van der Waals surface area contributed by atoms with Crippen LogP contribution < -0.4 is 5.32 Å². The second-order valence-corrected chi connectivity index (χ2v) is 3.77. The Morgan fingerprint density at radius 3 is 3.06 bits per heavy atom. The van der Waals surface area contributed by atoms with Gasteiger partial charge in [0.05, 0.1) is 0 Å². The first-order valence-corrected chi connectivity index (χ1v) is 5.51. The molecule has 1 heterocycles. The number of rotatable bonds is 5. The first kappa shape index (κ1) is 11.0. The molecule has 0 saturated carbocycles. The molecule has 0 atom stereocenters. The quantitative estimate of drug-likeness (QED) is 0.759. The van der Waals surface area contributed by atoms with Gasteiger partial charge >= 0.3 is 0 Å². The third kappa shape index (κ3) is 2.52. The molecule has 0 spiro atoms. The van der Waals surface area contributed by atoms with E-state index >= 15 is 0 Å². The van der Waals surface area contributed by atoms with Crippen molar-refractivity contribution in [1.82, 2.24) is 4.98 Å². The molecule has 0 aliphatic heterocycles. The molecule has 0 aliphatic carbocycles. The van der Waals surface area contributed by atoms with Crippen LogP contribution in [0.1, 0.15) is 18.7 Å². The van der Waals surface area contributed by atoms with Crippen molar-refractivity contribution in [1.29, 1.82) is 0 Å². The number of aryl methyl sites for hydroxylation is 1. The maximum atomic E-state index is 8.66. The molecule has 0 bridgehead atoms. The molecule has 16 heavy (non-hydrogen) atoms. The molecular formula is C12H16N2O2. The van der Waals surface area contributed by atoms with Crippen LogP contribution in [0.15, 0.2) is 22.6 Å². The van der Waals surface area contributed by atoms with E-state index in [1.807, 2.05) is 25.1 Å². The minimum Gasteiger partial charge on any atom is -0.441 e. The van der Waals surface area contributed by atoms with Gasteiger partial charge in [0.25, 0.3) is 0 Å². The van der Waals surface area contributed by atoms with Gasteiger partial charge in [-0.3, -0.25) is 0 Å². The second kappa shape index (κ2) is 4.99. The number of aliphatic hydroxyl groups is 1. The number of aromatic nitrogens is 1. The van der Waals surface area contributed by atoms with E-state index in [4.69, 9.17) is 9.52 Å². The predicted octanol–water partition coefficient (Wildman–Crippen LogP) is 2.32. The highest BCUT2D eigenvalue weighted by Gasteiger charge is 2.02. The van der Waals surface area contributed by atoms with Gasteiger partial charge in [-0.2, -0.15) is 0 Å². The summed E-state index contributed by atoms with van der Waals surface area (Å²) in [5, 5.41) is 11.9. The number of fused-ring (bicyclic) bond motifs is 1. The summed E-state index contributed by atoms with van der Waals surface area (Å²) in [6, 6.07) is 5.88. The highest BCUT2D eigenvalue weighted by Crippen LogP contribution is 2.19. The van der Waals surface area contributed by atoms with Crippen molar-refractivity contribution in [3.8, 4) is 0 Å². The summed E-state index contributed by atoms with van der Waals surface area (Å²) in [6.45, 7) is 2.96. The minimum absolute atomic E-state index is 0.253. The van der Waals surface area contributed by atoms with E-state index in [9.17, 15) is 0 Å². The van der Waals surface area contributed by atoms with Crippen molar-refractivity contribution in [3.05, 3.63) is 24.1 Å². The Bertz CT molecular complexity index is 465. The molecule has 1 aromatic carbocycles. The summed E-state index contributed by atoms with van der Waals surface area (Å²) in [5.41, 5.74) is 2.74. The number of nitrogens with one attached hydrogen (secondary N) is 1. The van der Waals surface area contributed by atoms with Crippen LogP contribution in [0.3, 0.4) is 0 Å². The second-order valence-electron chi connectivity index (χ2n) is 3.77. The first-order chi connectivity index (χ1) is 7.79. The summed E-state index contributed by atoms with van der Waals surface area (Å²) in [6.07, 6.45) is 1.80. The van der Waals surface area contributed by atoms with E-state index in [0.717, 1.165) is 36.2 Å². The zero-order valence-electron chi connectivity index (χ0n) is 9.36. The number of unbranched alkanes of at least 4 members (excludes halogenated alkanes) is 1. The van der Waals surface area contributed by atoms with Crippen molar-refractivity contribution >= 4 is 16.8 Å². The standard InChI is InChI=1S/C12H16N2O2/c1-9-14-11-8-10(4-5-12(11)16-9)13-6-2-3-7-15/h4-5,8,13,15H,2-3,6-7H2,1H3. The van der Waals surface area contributed by atoms with Crippen molar-refractivity contribution in [2.75, 3.05) is 18.5 Å². The fourth-order valence-corrected chi connectivity index (χ4v) is 1.62. The number of aliphatic hydroxyl groups excluding tert-OH is 1. The molecule has 0 unspecified atom stereocenters. The Balaban J connectivity index is 2.02. The molecule has 2 rings (SSSR count). The zero-order valence-corrected chi connectivity index (χ0v) is 9.36. The topological polar surface area (TPSA) is 58.3 Å². The van der Waals surface area contributed by atoms with Crippen LogP contribution in [-0.2, 0) is 0 Å². The Morgan fingerprint density at radius 1 is 1.38 bits per heavy atom. The predicted molar refractivity (Wildman–Crippen MR) is 63.6 cm³/mol. The monoisotopic (exact) mass is 220 g/mol. The lowest BCUT2D eigenvalue weighted by Crippen LogP contribution is -2.01. The van der Waals surface area contributed by atoms with Crippen LogP contribution in [0.25, 0.3) is 11.1 Å². The average molecular weight is 220 g/mol. The van der Waals surface area contributed by atoms with Gasteiger partial charge in [0.2, 0.25) is 0 Å². The Labute approximate surface area is 94.3 Å². The molecule has 2 aromatic rings. The van der Waals surface area contributed by atoms with Crippen LogP contribution in [0.2, 0.25) is 0 Å². The summed E-state index contributed by atoms with van der Waals surface area (Å²) in [4.78, 5) is 4.27. The van der Waals surface area contributed by atoms with E-state index in [0.29, 0.717) is 5.89 Å². The molecule has 0 fully saturated rings. The number of anilines is 1. The molecule has 2 N–H and O–H groups in total. The number of hydrogen-bond acceptors (Lipinski definition) is 4. The maximum absolute atomic E-state index is 8.66. The molecule has 86 valence electrons. The zero-order chi connectivity index (χ0) is 11.4. The SMILES string of the molecule is Cc1nc2cc(NCCCCO)ccc2o1. The number of nitrogens with zero attached hydrogens (tertiary/aromatic N) is 1. The molecular weight excluding hydrogens is 204 g/mol. The van der Waals surface area contributed by atoms with Crippen molar-refractivity contribution in [2.24, 2.45) is 0 Å². The summed E-state index contributed by atoms with van der Waals surface area (Å²) in [7, 11) is 0. The van der Waals surface area contributed by atoms with Gasteiger partial charge in [-0.05, 0) is 31.0 Å². The minimum atomic E-state index is 0.253. The van der Waals surface area contributed by atoms with Gasteiger partial charge in [-0.25, -0.2) is 4.98 Å². The summed E-state index contributed by atoms with van der Waals surface area (Å²) >= 11 is 0. The first-order valence-electron chi connectivity index (χ1n) is 5.51. The third-order valence-electron chi connectivity index (χ3n) is 2.41. The van der Waals surface area contributed by atoms with E-state index in [-0.39, 0.29) is 6.61 Å². The molecule has 0 aliphatic rings. The van der Waals surface area contributed by atoms with Gasteiger partial charge < -0.3 is 14.8 Å². The fourth-order valence-electron chi connectivity index (χ4n) is 1.62. The Morgan fingerprint density at radius 2 is 2.25 bits per heavy atom. The molecule has 1 aromatic heterocycles. The normalized spacial score (nSPS) is 10.9. The fraction of sp³-hybridized carbons (Fsp3) is 0.417. The number of hydrogen-bond donors (Lipinski definition) is 2. The van der Waals surface area contributed by atoms with Crippen molar-refractivity contribution in [3.63, 3.8) is 0 Å². The molecule has 4 heteroatoms. The smallest absolute Gasteiger partial charge is 0.192 e. The van der Waals surface area contributed by atoms with Gasteiger partial charge in [0.1, 0.15) is 5.52 Å². The van der Waals surface area contributed by atoms with Gasteiger partial charge in [0.15, 0.2) is 11.5 Å². The van der Waals surface area contributed by atoms with Crippen LogP contribution >= 0.6 is 0 Å². The van der Waals surface area contributed by atoms with Crippen LogP contribution in [0.5, 0.6) is 0 Å². The van der Waals surface area contributed by atoms with Gasteiger partial charge in [-0.15, -0.1) is 0 Å². The average Bonchev–Trinajstić information content (AvgIpc) is 2.64. The largest absolute Gasteiger partial charge is 0.441 e. The molecule has 4 nitrogen and oxygen atoms in total. The molecule has 0 radical (unpaired) electrons. The maximum Gasteiger partial charge on any atom is 0.192 e. The van der Waals surface area contributed by atoms with Crippen LogP contribution in [-0.4, -0.2) is 23.2 Å². The lowest BCUT2D eigenvalue weighted by molar-refractivity contribution is 0.286. The number of benzene rings is 1. The van der Waals surface area contributed by atoms with E-state index < -0.39 is 0 Å². The van der Waals surface area contributed by atoms with Gasteiger partial charge in [0, 0.05) is 25.8 Å². The van der Waals surface area contributed by atoms with Crippen LogP contribution in [0.4, 0.5) is 5.69 Å². The Hall–Kier alpha value is -1.55. The molecule has 0 amide bonds. The van der Waals surface area contributed by atoms with E-state index in [2.05, 4.69) is 10.3 Å². The Kier molecular flexibility index (Phi) is 3.41. The highest BCUT2D eigenvalue weighted by molar-refractivity contribution is 5.77.